The number of aryl methyl sites for hydroxylation is 1. The van der Waals surface area contributed by atoms with Crippen molar-refractivity contribution in [2.45, 2.75) is 6.92 Å². The molecule has 0 amide bonds. The first-order valence-electron chi connectivity index (χ1n) is 4.17. The summed E-state index contributed by atoms with van der Waals surface area (Å²) in [6, 6.07) is 3.66. The first kappa shape index (κ1) is 8.74. The third-order valence-electron chi connectivity index (χ3n) is 1.87. The lowest BCUT2D eigenvalue weighted by molar-refractivity contribution is 0.614. The van der Waals surface area contributed by atoms with Crippen LogP contribution in [0.15, 0.2) is 30.7 Å². The van der Waals surface area contributed by atoms with Crippen molar-refractivity contribution in [3.05, 3.63) is 42.2 Å². The fourth-order valence-electron chi connectivity index (χ4n) is 1.17. The molecule has 0 aromatic carbocycles. The molecular formula is C10H8FN3. The van der Waals surface area contributed by atoms with Gasteiger partial charge < -0.3 is 0 Å². The number of hydrogen-bond acceptors (Lipinski definition) is 3. The molecule has 0 aliphatic carbocycles. The summed E-state index contributed by atoms with van der Waals surface area (Å²) in [6.45, 7) is 1.86. The average Bonchev–Trinajstić information content (AvgIpc) is 2.20. The lowest BCUT2D eigenvalue weighted by atomic mass is 10.2. The first-order valence-corrected chi connectivity index (χ1v) is 4.17. The maximum absolute atomic E-state index is 12.6. The zero-order chi connectivity index (χ0) is 9.97. The SMILES string of the molecule is Cc1ncccc1-c1ncc(F)cn1. The molecule has 0 aliphatic heterocycles. The van der Waals surface area contributed by atoms with Gasteiger partial charge in [0.05, 0.1) is 12.4 Å². The molecule has 0 atom stereocenters. The van der Waals surface area contributed by atoms with Crippen molar-refractivity contribution >= 4 is 0 Å². The largest absolute Gasteiger partial charge is 0.261 e. The van der Waals surface area contributed by atoms with Crippen LogP contribution in [-0.2, 0) is 0 Å². The Labute approximate surface area is 80.7 Å². The summed E-state index contributed by atoms with van der Waals surface area (Å²) in [4.78, 5) is 11.9. The van der Waals surface area contributed by atoms with Crippen molar-refractivity contribution in [3.8, 4) is 11.4 Å². The van der Waals surface area contributed by atoms with E-state index in [9.17, 15) is 4.39 Å². The van der Waals surface area contributed by atoms with Gasteiger partial charge in [-0.3, -0.25) is 4.98 Å². The Morgan fingerprint density at radius 2 is 1.86 bits per heavy atom. The topological polar surface area (TPSA) is 38.7 Å². The molecule has 2 aromatic heterocycles. The number of hydrogen-bond donors (Lipinski definition) is 0. The number of nitrogens with zero attached hydrogens (tertiary/aromatic N) is 3. The summed E-state index contributed by atoms with van der Waals surface area (Å²) in [7, 11) is 0. The highest BCUT2D eigenvalue weighted by molar-refractivity contribution is 5.56. The van der Waals surface area contributed by atoms with Crippen molar-refractivity contribution in [1.82, 2.24) is 15.0 Å². The Bertz CT molecular complexity index is 439. The molecule has 0 bridgehead atoms. The van der Waals surface area contributed by atoms with Crippen LogP contribution in [0.5, 0.6) is 0 Å². The number of rotatable bonds is 1. The predicted octanol–water partition coefficient (Wildman–Crippen LogP) is 1.99. The van der Waals surface area contributed by atoms with E-state index in [4.69, 9.17) is 0 Å². The minimum Gasteiger partial charge on any atom is -0.261 e. The van der Waals surface area contributed by atoms with Crippen LogP contribution < -0.4 is 0 Å². The maximum atomic E-state index is 12.6. The molecule has 0 N–H and O–H groups in total. The summed E-state index contributed by atoms with van der Waals surface area (Å²) in [6.07, 6.45) is 3.99. The Morgan fingerprint density at radius 3 is 2.50 bits per heavy atom. The van der Waals surface area contributed by atoms with Crippen molar-refractivity contribution < 1.29 is 4.39 Å². The third kappa shape index (κ3) is 1.59. The van der Waals surface area contributed by atoms with Crippen LogP contribution in [0, 0.1) is 12.7 Å². The molecule has 2 rings (SSSR count). The minimum absolute atomic E-state index is 0.435. The molecule has 0 saturated carbocycles. The van der Waals surface area contributed by atoms with Gasteiger partial charge in [-0.15, -0.1) is 0 Å². The van der Waals surface area contributed by atoms with Gasteiger partial charge in [0.15, 0.2) is 11.6 Å². The predicted molar refractivity (Wildman–Crippen MR) is 50.0 cm³/mol. The highest BCUT2D eigenvalue weighted by atomic mass is 19.1. The molecular weight excluding hydrogens is 181 g/mol. The fourth-order valence-corrected chi connectivity index (χ4v) is 1.17. The van der Waals surface area contributed by atoms with Gasteiger partial charge in [0, 0.05) is 17.5 Å². The van der Waals surface area contributed by atoms with Gasteiger partial charge in [0.1, 0.15) is 0 Å². The Kier molecular flexibility index (Phi) is 2.18. The van der Waals surface area contributed by atoms with Crippen molar-refractivity contribution in [2.75, 3.05) is 0 Å². The van der Waals surface area contributed by atoms with Crippen molar-refractivity contribution in [1.29, 1.82) is 0 Å². The van der Waals surface area contributed by atoms with E-state index in [1.165, 1.54) is 0 Å². The Morgan fingerprint density at radius 1 is 1.14 bits per heavy atom. The molecule has 2 heterocycles. The highest BCUT2D eigenvalue weighted by Crippen LogP contribution is 2.16. The molecule has 2 aromatic rings. The van der Waals surface area contributed by atoms with Crippen LogP contribution in [0.1, 0.15) is 5.69 Å². The zero-order valence-corrected chi connectivity index (χ0v) is 7.61. The van der Waals surface area contributed by atoms with Crippen LogP contribution in [0.25, 0.3) is 11.4 Å². The van der Waals surface area contributed by atoms with E-state index in [1.807, 2.05) is 13.0 Å². The highest BCUT2D eigenvalue weighted by Gasteiger charge is 2.04. The smallest absolute Gasteiger partial charge is 0.161 e. The van der Waals surface area contributed by atoms with Crippen molar-refractivity contribution in [3.63, 3.8) is 0 Å². The van der Waals surface area contributed by atoms with Gasteiger partial charge in [-0.2, -0.15) is 0 Å². The van der Waals surface area contributed by atoms with Gasteiger partial charge in [0.25, 0.3) is 0 Å². The van der Waals surface area contributed by atoms with Gasteiger partial charge in [-0.05, 0) is 19.1 Å². The lowest BCUT2D eigenvalue weighted by Crippen LogP contribution is -1.93. The molecule has 14 heavy (non-hydrogen) atoms. The molecule has 0 unspecified atom stereocenters. The summed E-state index contributed by atoms with van der Waals surface area (Å²) in [5.74, 6) is 0.0623. The van der Waals surface area contributed by atoms with E-state index in [-0.39, 0.29) is 0 Å². The van der Waals surface area contributed by atoms with E-state index < -0.39 is 5.82 Å². The number of halogens is 1. The summed E-state index contributed by atoms with van der Waals surface area (Å²) < 4.78 is 12.6. The molecule has 0 fully saturated rings. The Balaban J connectivity index is 2.50. The van der Waals surface area contributed by atoms with Crippen LogP contribution in [-0.4, -0.2) is 15.0 Å². The van der Waals surface area contributed by atoms with Crippen LogP contribution in [0.2, 0.25) is 0 Å². The quantitative estimate of drug-likeness (QED) is 0.688. The van der Waals surface area contributed by atoms with E-state index in [1.54, 1.807) is 12.3 Å². The molecule has 0 spiro atoms. The molecule has 70 valence electrons. The van der Waals surface area contributed by atoms with E-state index in [2.05, 4.69) is 15.0 Å². The van der Waals surface area contributed by atoms with Crippen LogP contribution in [0.3, 0.4) is 0 Å². The lowest BCUT2D eigenvalue weighted by Gasteiger charge is -2.01. The molecule has 4 heteroatoms. The van der Waals surface area contributed by atoms with Crippen LogP contribution >= 0.6 is 0 Å². The second-order valence-corrected chi connectivity index (χ2v) is 2.86. The van der Waals surface area contributed by atoms with E-state index >= 15 is 0 Å². The van der Waals surface area contributed by atoms with Crippen LogP contribution in [0.4, 0.5) is 4.39 Å². The normalized spacial score (nSPS) is 10.1. The van der Waals surface area contributed by atoms with Gasteiger partial charge in [0.2, 0.25) is 0 Å². The molecule has 0 saturated heterocycles. The fraction of sp³-hybridized carbons (Fsp3) is 0.100. The summed E-state index contributed by atoms with van der Waals surface area (Å²) in [5.41, 5.74) is 1.66. The molecule has 3 nitrogen and oxygen atoms in total. The van der Waals surface area contributed by atoms with E-state index in [0.717, 1.165) is 23.7 Å². The summed E-state index contributed by atoms with van der Waals surface area (Å²) >= 11 is 0. The maximum Gasteiger partial charge on any atom is 0.161 e. The number of aromatic nitrogens is 3. The number of pyridine rings is 1. The van der Waals surface area contributed by atoms with Crippen molar-refractivity contribution in [2.24, 2.45) is 0 Å². The molecule has 0 radical (unpaired) electrons. The second-order valence-electron chi connectivity index (χ2n) is 2.86. The van der Waals surface area contributed by atoms with E-state index in [0.29, 0.717) is 5.82 Å². The third-order valence-corrected chi connectivity index (χ3v) is 1.87. The van der Waals surface area contributed by atoms with Gasteiger partial charge in [-0.1, -0.05) is 0 Å². The second kappa shape index (κ2) is 3.49. The Hall–Kier alpha value is -1.84. The minimum atomic E-state index is -0.435. The first-order chi connectivity index (χ1) is 6.77. The standard InChI is InChI=1S/C10H8FN3/c1-7-9(3-2-4-12-7)10-13-5-8(11)6-14-10/h2-6H,1H3. The van der Waals surface area contributed by atoms with Gasteiger partial charge >= 0.3 is 0 Å². The van der Waals surface area contributed by atoms with Gasteiger partial charge in [-0.25, -0.2) is 14.4 Å². The monoisotopic (exact) mass is 189 g/mol. The average molecular weight is 189 g/mol. The molecule has 0 aliphatic rings. The zero-order valence-electron chi connectivity index (χ0n) is 7.61. The summed E-state index contributed by atoms with van der Waals surface area (Å²) in [5, 5.41) is 0.